The molecule has 0 saturated carbocycles. The Bertz CT molecular complexity index is 925. The summed E-state index contributed by atoms with van der Waals surface area (Å²) in [7, 11) is 0. The van der Waals surface area contributed by atoms with E-state index in [1.165, 1.54) is 18.0 Å². The molecule has 0 unspecified atom stereocenters. The molecule has 1 heterocycles. The maximum Gasteiger partial charge on any atom is 0.275 e. The molecule has 1 aromatic heterocycles. The van der Waals surface area contributed by atoms with Gasteiger partial charge in [0, 0.05) is 17.3 Å². The Morgan fingerprint density at radius 3 is 2.54 bits per heavy atom. The van der Waals surface area contributed by atoms with Crippen molar-refractivity contribution in [1.29, 1.82) is 0 Å². The number of hydrogen-bond acceptors (Lipinski definition) is 4. The largest absolute Gasteiger partial charge is 0.365 e. The van der Waals surface area contributed by atoms with E-state index in [9.17, 15) is 4.79 Å². The number of benzene rings is 2. The molecule has 3 aromatic rings. The zero-order valence-electron chi connectivity index (χ0n) is 14.6. The van der Waals surface area contributed by atoms with Crippen LogP contribution in [0.2, 0.25) is 5.02 Å². The average Bonchev–Trinajstić information content (AvgIpc) is 2.64. The zero-order chi connectivity index (χ0) is 18.5. The second kappa shape index (κ2) is 7.97. The maximum absolute atomic E-state index is 12.3. The number of carbonyl (C=O) groups excluding carboxylic acids is 1. The van der Waals surface area contributed by atoms with Crippen molar-refractivity contribution >= 4 is 29.0 Å². The van der Waals surface area contributed by atoms with Crippen LogP contribution in [-0.2, 0) is 6.54 Å². The number of carbonyl (C=O) groups is 1. The maximum atomic E-state index is 12.3. The minimum absolute atomic E-state index is 0.256. The monoisotopic (exact) mass is 366 g/mol. The van der Waals surface area contributed by atoms with Crippen molar-refractivity contribution in [3.63, 3.8) is 0 Å². The van der Waals surface area contributed by atoms with Crippen LogP contribution in [0.15, 0.2) is 54.9 Å². The minimum Gasteiger partial charge on any atom is -0.365 e. The number of anilines is 2. The van der Waals surface area contributed by atoms with Gasteiger partial charge in [-0.05, 0) is 48.7 Å². The average molecular weight is 367 g/mol. The first-order valence-corrected chi connectivity index (χ1v) is 8.58. The van der Waals surface area contributed by atoms with E-state index in [1.54, 1.807) is 0 Å². The number of halogens is 1. The number of aryl methyl sites for hydroxylation is 2. The van der Waals surface area contributed by atoms with Crippen LogP contribution in [0.5, 0.6) is 0 Å². The van der Waals surface area contributed by atoms with E-state index < -0.39 is 0 Å². The highest BCUT2D eigenvalue weighted by molar-refractivity contribution is 6.31. The van der Waals surface area contributed by atoms with Crippen molar-refractivity contribution in [2.24, 2.45) is 0 Å². The summed E-state index contributed by atoms with van der Waals surface area (Å²) in [5, 5.41) is 6.67. The highest BCUT2D eigenvalue weighted by Gasteiger charge is 2.09. The number of rotatable bonds is 5. The van der Waals surface area contributed by atoms with Crippen LogP contribution < -0.4 is 10.6 Å². The SMILES string of the molecule is Cc1ccc(NC(=O)c2cnc(NCc3ccccc3Cl)cn2)cc1C. The molecular formula is C20H19ClN4O. The Morgan fingerprint density at radius 2 is 1.85 bits per heavy atom. The molecular weight excluding hydrogens is 348 g/mol. The molecule has 0 aliphatic heterocycles. The topological polar surface area (TPSA) is 66.9 Å². The smallest absolute Gasteiger partial charge is 0.275 e. The van der Waals surface area contributed by atoms with Crippen molar-refractivity contribution in [1.82, 2.24) is 9.97 Å². The van der Waals surface area contributed by atoms with E-state index >= 15 is 0 Å². The van der Waals surface area contributed by atoms with E-state index in [4.69, 9.17) is 11.6 Å². The highest BCUT2D eigenvalue weighted by Crippen LogP contribution is 2.17. The summed E-state index contributed by atoms with van der Waals surface area (Å²) in [5.41, 5.74) is 4.25. The van der Waals surface area contributed by atoms with Gasteiger partial charge in [-0.25, -0.2) is 9.97 Å². The van der Waals surface area contributed by atoms with Crippen molar-refractivity contribution in [2.45, 2.75) is 20.4 Å². The second-order valence-corrected chi connectivity index (χ2v) is 6.39. The lowest BCUT2D eigenvalue weighted by molar-refractivity contribution is 0.102. The number of hydrogen-bond donors (Lipinski definition) is 2. The molecule has 0 atom stereocenters. The van der Waals surface area contributed by atoms with Crippen molar-refractivity contribution < 1.29 is 4.79 Å². The van der Waals surface area contributed by atoms with Crippen LogP contribution in [-0.4, -0.2) is 15.9 Å². The van der Waals surface area contributed by atoms with Gasteiger partial charge in [-0.3, -0.25) is 4.79 Å². The van der Waals surface area contributed by atoms with Crippen molar-refractivity contribution in [2.75, 3.05) is 10.6 Å². The molecule has 1 amide bonds. The normalized spacial score (nSPS) is 10.4. The second-order valence-electron chi connectivity index (χ2n) is 5.99. The molecule has 0 saturated heterocycles. The molecule has 5 nitrogen and oxygen atoms in total. The van der Waals surface area contributed by atoms with Crippen LogP contribution in [0, 0.1) is 13.8 Å². The molecule has 0 bridgehead atoms. The third-order valence-electron chi connectivity index (χ3n) is 4.07. The van der Waals surface area contributed by atoms with Crippen molar-refractivity contribution in [3.8, 4) is 0 Å². The predicted octanol–water partition coefficient (Wildman–Crippen LogP) is 4.61. The molecule has 0 spiro atoms. The Hall–Kier alpha value is -2.92. The molecule has 0 aliphatic carbocycles. The zero-order valence-corrected chi connectivity index (χ0v) is 15.3. The number of nitrogens with zero attached hydrogens (tertiary/aromatic N) is 2. The molecule has 2 aromatic carbocycles. The van der Waals surface area contributed by atoms with Crippen molar-refractivity contribution in [3.05, 3.63) is 82.3 Å². The minimum atomic E-state index is -0.293. The molecule has 0 fully saturated rings. The molecule has 132 valence electrons. The highest BCUT2D eigenvalue weighted by atomic mass is 35.5. The molecule has 3 rings (SSSR count). The van der Waals surface area contributed by atoms with Crippen LogP contribution in [0.25, 0.3) is 0 Å². The Kier molecular flexibility index (Phi) is 5.49. The fourth-order valence-electron chi connectivity index (χ4n) is 2.38. The van der Waals surface area contributed by atoms with Gasteiger partial charge in [-0.1, -0.05) is 35.9 Å². The van der Waals surface area contributed by atoms with Gasteiger partial charge < -0.3 is 10.6 Å². The van der Waals surface area contributed by atoms with Gasteiger partial charge in [0.15, 0.2) is 0 Å². The number of aromatic nitrogens is 2. The lowest BCUT2D eigenvalue weighted by atomic mass is 10.1. The fourth-order valence-corrected chi connectivity index (χ4v) is 2.58. The lowest BCUT2D eigenvalue weighted by Gasteiger charge is -2.09. The third-order valence-corrected chi connectivity index (χ3v) is 4.44. The summed E-state index contributed by atoms with van der Waals surface area (Å²) < 4.78 is 0. The van der Waals surface area contributed by atoms with Crippen LogP contribution in [0.3, 0.4) is 0 Å². The van der Waals surface area contributed by atoms with Gasteiger partial charge >= 0.3 is 0 Å². The van der Waals surface area contributed by atoms with Gasteiger partial charge in [0.05, 0.1) is 12.4 Å². The molecule has 26 heavy (non-hydrogen) atoms. The van der Waals surface area contributed by atoms with Gasteiger partial charge in [0.25, 0.3) is 5.91 Å². The van der Waals surface area contributed by atoms with Crippen LogP contribution >= 0.6 is 11.6 Å². The van der Waals surface area contributed by atoms with E-state index in [0.29, 0.717) is 17.4 Å². The Balaban J connectivity index is 1.62. The standard InChI is InChI=1S/C20H19ClN4O/c1-13-7-8-16(9-14(13)2)25-20(26)18-11-24-19(12-22-18)23-10-15-5-3-4-6-17(15)21/h3-9,11-12H,10H2,1-2H3,(H,23,24)(H,25,26). The van der Waals surface area contributed by atoms with E-state index in [2.05, 4.69) is 20.6 Å². The molecule has 6 heteroatoms. The van der Waals surface area contributed by atoms with Gasteiger partial charge in [0.2, 0.25) is 0 Å². The van der Waals surface area contributed by atoms with E-state index in [1.807, 2.05) is 56.3 Å². The number of amides is 1. The van der Waals surface area contributed by atoms with Gasteiger partial charge in [-0.2, -0.15) is 0 Å². The summed E-state index contributed by atoms with van der Waals surface area (Å²) in [6, 6.07) is 13.4. The van der Waals surface area contributed by atoms with E-state index in [-0.39, 0.29) is 11.6 Å². The lowest BCUT2D eigenvalue weighted by Crippen LogP contribution is -2.14. The van der Waals surface area contributed by atoms with E-state index in [0.717, 1.165) is 16.8 Å². The fraction of sp³-hybridized carbons (Fsp3) is 0.150. The van der Waals surface area contributed by atoms with Crippen LogP contribution in [0.4, 0.5) is 11.5 Å². The summed E-state index contributed by atoms with van der Waals surface area (Å²) in [4.78, 5) is 20.7. The summed E-state index contributed by atoms with van der Waals surface area (Å²) in [6.07, 6.45) is 2.98. The predicted molar refractivity (Wildman–Crippen MR) is 105 cm³/mol. The first kappa shape index (κ1) is 17.9. The molecule has 0 aliphatic rings. The van der Waals surface area contributed by atoms with Gasteiger partial charge in [-0.15, -0.1) is 0 Å². The molecule has 0 radical (unpaired) electrons. The summed E-state index contributed by atoms with van der Waals surface area (Å²) >= 11 is 6.13. The first-order chi connectivity index (χ1) is 12.5. The summed E-state index contributed by atoms with van der Waals surface area (Å²) in [5.74, 6) is 0.283. The number of nitrogens with one attached hydrogen (secondary N) is 2. The Morgan fingerprint density at radius 1 is 1.04 bits per heavy atom. The van der Waals surface area contributed by atoms with Crippen LogP contribution in [0.1, 0.15) is 27.2 Å². The third kappa shape index (κ3) is 4.37. The Labute approximate surface area is 157 Å². The molecule has 2 N–H and O–H groups in total. The summed E-state index contributed by atoms with van der Waals surface area (Å²) in [6.45, 7) is 4.56. The first-order valence-electron chi connectivity index (χ1n) is 8.21. The van der Waals surface area contributed by atoms with Gasteiger partial charge in [0.1, 0.15) is 11.5 Å². The quantitative estimate of drug-likeness (QED) is 0.691.